The molecule has 4 aromatic rings. The molecular weight excluding hydrogens is 346 g/mol. The van der Waals surface area contributed by atoms with Crippen LogP contribution in [-0.2, 0) is 13.2 Å². The highest BCUT2D eigenvalue weighted by Gasteiger charge is 2.11. The van der Waals surface area contributed by atoms with Gasteiger partial charge in [0, 0.05) is 11.6 Å². The van der Waals surface area contributed by atoms with Crippen molar-refractivity contribution in [3.05, 3.63) is 114 Å². The number of benzene rings is 3. The first-order chi connectivity index (χ1) is 13.9. The van der Waals surface area contributed by atoms with Gasteiger partial charge in [-0.1, -0.05) is 91.0 Å². The van der Waals surface area contributed by atoms with Crippen LogP contribution in [0.5, 0.6) is 11.8 Å². The van der Waals surface area contributed by atoms with E-state index in [-0.39, 0.29) is 0 Å². The summed E-state index contributed by atoms with van der Waals surface area (Å²) < 4.78 is 12.0. The van der Waals surface area contributed by atoms with Crippen LogP contribution in [0.4, 0.5) is 0 Å². The molecule has 0 aliphatic carbocycles. The maximum atomic E-state index is 6.08. The molecule has 0 spiro atoms. The van der Waals surface area contributed by atoms with Crippen molar-refractivity contribution in [3.63, 3.8) is 0 Å². The normalized spacial score (nSPS) is 10.4. The van der Waals surface area contributed by atoms with Crippen molar-refractivity contribution in [2.75, 3.05) is 0 Å². The molecule has 1 aromatic heterocycles. The van der Waals surface area contributed by atoms with E-state index >= 15 is 0 Å². The van der Waals surface area contributed by atoms with Gasteiger partial charge in [0.15, 0.2) is 0 Å². The van der Waals surface area contributed by atoms with Gasteiger partial charge >= 0.3 is 0 Å². The summed E-state index contributed by atoms with van der Waals surface area (Å²) in [7, 11) is 0. The predicted molar refractivity (Wildman–Crippen MR) is 111 cm³/mol. The van der Waals surface area contributed by atoms with Crippen molar-refractivity contribution in [2.24, 2.45) is 0 Å². The Morgan fingerprint density at radius 2 is 1.07 bits per heavy atom. The summed E-state index contributed by atoms with van der Waals surface area (Å²) >= 11 is 0. The summed E-state index contributed by atoms with van der Waals surface area (Å²) in [6, 6.07) is 34.2. The standard InChI is InChI=1S/C25H21NO2/c1-4-10-20(11-5-1)18-27-24-17-16-23(22-14-8-3-9-15-22)25(26-24)28-19-21-12-6-2-7-13-21/h1-17H,18-19H2. The Hall–Kier alpha value is -3.59. The number of rotatable bonds is 7. The van der Waals surface area contributed by atoms with E-state index in [0.717, 1.165) is 22.3 Å². The highest BCUT2D eigenvalue weighted by molar-refractivity contribution is 5.68. The average Bonchev–Trinajstić information content (AvgIpc) is 2.78. The molecule has 0 unspecified atom stereocenters. The van der Waals surface area contributed by atoms with Gasteiger partial charge in [-0.25, -0.2) is 0 Å². The summed E-state index contributed by atoms with van der Waals surface area (Å²) in [6.07, 6.45) is 0. The number of pyridine rings is 1. The van der Waals surface area contributed by atoms with Crippen LogP contribution >= 0.6 is 0 Å². The van der Waals surface area contributed by atoms with Gasteiger partial charge in [0.2, 0.25) is 11.8 Å². The molecule has 4 rings (SSSR count). The van der Waals surface area contributed by atoms with Gasteiger partial charge in [-0.05, 0) is 22.8 Å². The largest absolute Gasteiger partial charge is 0.473 e. The van der Waals surface area contributed by atoms with Gasteiger partial charge in [0.05, 0.1) is 0 Å². The average molecular weight is 367 g/mol. The molecule has 138 valence electrons. The molecule has 0 amide bonds. The minimum Gasteiger partial charge on any atom is -0.473 e. The second kappa shape index (κ2) is 8.87. The highest BCUT2D eigenvalue weighted by Crippen LogP contribution is 2.31. The minimum absolute atomic E-state index is 0.454. The molecule has 3 nitrogen and oxygen atoms in total. The molecule has 0 N–H and O–H groups in total. The zero-order chi connectivity index (χ0) is 19.0. The summed E-state index contributed by atoms with van der Waals surface area (Å²) in [5, 5.41) is 0. The molecule has 0 aliphatic heterocycles. The zero-order valence-electron chi connectivity index (χ0n) is 15.5. The zero-order valence-corrected chi connectivity index (χ0v) is 15.5. The van der Waals surface area contributed by atoms with Crippen LogP contribution in [0.15, 0.2) is 103 Å². The topological polar surface area (TPSA) is 31.4 Å². The molecular formula is C25H21NO2. The van der Waals surface area contributed by atoms with E-state index in [1.807, 2.05) is 91.0 Å². The van der Waals surface area contributed by atoms with Crippen molar-refractivity contribution in [3.8, 4) is 22.9 Å². The number of aromatic nitrogens is 1. The molecule has 0 fully saturated rings. The Kier molecular flexibility index (Phi) is 5.64. The summed E-state index contributed by atoms with van der Waals surface area (Å²) in [4.78, 5) is 4.63. The van der Waals surface area contributed by atoms with Crippen molar-refractivity contribution in [1.29, 1.82) is 0 Å². The number of hydrogen-bond acceptors (Lipinski definition) is 3. The lowest BCUT2D eigenvalue weighted by molar-refractivity contribution is 0.268. The molecule has 3 aromatic carbocycles. The minimum atomic E-state index is 0.454. The Labute approximate surface area is 165 Å². The molecule has 0 saturated heterocycles. The quantitative estimate of drug-likeness (QED) is 0.407. The van der Waals surface area contributed by atoms with Gasteiger partial charge in [-0.15, -0.1) is 0 Å². The Balaban J connectivity index is 1.57. The van der Waals surface area contributed by atoms with Crippen LogP contribution in [0.3, 0.4) is 0 Å². The number of nitrogens with zero attached hydrogens (tertiary/aromatic N) is 1. The van der Waals surface area contributed by atoms with E-state index in [4.69, 9.17) is 9.47 Å². The first-order valence-corrected chi connectivity index (χ1v) is 9.28. The Bertz CT molecular complexity index is 1000. The van der Waals surface area contributed by atoms with E-state index in [1.165, 1.54) is 0 Å². The maximum absolute atomic E-state index is 6.08. The summed E-state index contributed by atoms with van der Waals surface area (Å²) in [5.41, 5.74) is 4.21. The number of ether oxygens (including phenoxy) is 2. The van der Waals surface area contributed by atoms with Crippen LogP contribution < -0.4 is 9.47 Å². The van der Waals surface area contributed by atoms with Crippen LogP contribution in [-0.4, -0.2) is 4.98 Å². The molecule has 0 aliphatic rings. The van der Waals surface area contributed by atoms with Crippen LogP contribution in [0.25, 0.3) is 11.1 Å². The van der Waals surface area contributed by atoms with Crippen molar-refractivity contribution >= 4 is 0 Å². The van der Waals surface area contributed by atoms with Gasteiger partial charge in [-0.3, -0.25) is 0 Å². The SMILES string of the molecule is c1ccc(COc2ccc(-c3ccccc3)c(OCc3ccccc3)n2)cc1. The fourth-order valence-corrected chi connectivity index (χ4v) is 2.91. The van der Waals surface area contributed by atoms with Crippen molar-refractivity contribution < 1.29 is 9.47 Å². The van der Waals surface area contributed by atoms with Gasteiger partial charge in [-0.2, -0.15) is 4.98 Å². The fraction of sp³-hybridized carbons (Fsp3) is 0.0800. The number of hydrogen-bond donors (Lipinski definition) is 0. The molecule has 3 heteroatoms. The second-order valence-electron chi connectivity index (χ2n) is 6.42. The van der Waals surface area contributed by atoms with Crippen LogP contribution in [0.2, 0.25) is 0 Å². The Morgan fingerprint density at radius 1 is 0.536 bits per heavy atom. The summed E-state index contributed by atoms with van der Waals surface area (Å²) in [6.45, 7) is 0.923. The fourth-order valence-electron chi connectivity index (χ4n) is 2.91. The highest BCUT2D eigenvalue weighted by atomic mass is 16.5. The smallest absolute Gasteiger partial charge is 0.225 e. The maximum Gasteiger partial charge on any atom is 0.225 e. The van der Waals surface area contributed by atoms with Gasteiger partial charge in [0.1, 0.15) is 13.2 Å². The van der Waals surface area contributed by atoms with E-state index in [2.05, 4.69) is 17.1 Å². The molecule has 0 radical (unpaired) electrons. The molecule has 28 heavy (non-hydrogen) atoms. The lowest BCUT2D eigenvalue weighted by Gasteiger charge is -2.13. The van der Waals surface area contributed by atoms with Crippen molar-refractivity contribution in [2.45, 2.75) is 13.2 Å². The molecule has 0 atom stereocenters. The monoisotopic (exact) mass is 367 g/mol. The van der Waals surface area contributed by atoms with Gasteiger partial charge in [0.25, 0.3) is 0 Å². The predicted octanol–water partition coefficient (Wildman–Crippen LogP) is 5.91. The first kappa shape index (κ1) is 17.8. The van der Waals surface area contributed by atoms with E-state index < -0.39 is 0 Å². The van der Waals surface area contributed by atoms with Crippen molar-refractivity contribution in [1.82, 2.24) is 4.98 Å². The third-order valence-electron chi connectivity index (χ3n) is 4.37. The summed E-state index contributed by atoms with van der Waals surface area (Å²) in [5.74, 6) is 1.12. The van der Waals surface area contributed by atoms with Crippen LogP contribution in [0, 0.1) is 0 Å². The third kappa shape index (κ3) is 4.57. The lowest BCUT2D eigenvalue weighted by Crippen LogP contribution is -2.02. The Morgan fingerprint density at radius 3 is 1.68 bits per heavy atom. The third-order valence-corrected chi connectivity index (χ3v) is 4.37. The van der Waals surface area contributed by atoms with E-state index in [0.29, 0.717) is 25.0 Å². The first-order valence-electron chi connectivity index (χ1n) is 9.28. The van der Waals surface area contributed by atoms with Crippen LogP contribution in [0.1, 0.15) is 11.1 Å². The molecule has 0 bridgehead atoms. The van der Waals surface area contributed by atoms with Gasteiger partial charge < -0.3 is 9.47 Å². The lowest BCUT2D eigenvalue weighted by atomic mass is 10.1. The molecule has 0 saturated carbocycles. The van der Waals surface area contributed by atoms with E-state index in [1.54, 1.807) is 0 Å². The second-order valence-corrected chi connectivity index (χ2v) is 6.42. The van der Waals surface area contributed by atoms with E-state index in [9.17, 15) is 0 Å². The molecule has 1 heterocycles.